The molecule has 2 heterocycles. The number of benzene rings is 1. The molecule has 3 aromatic rings. The highest BCUT2D eigenvalue weighted by Gasteiger charge is 2.40. The highest BCUT2D eigenvalue weighted by molar-refractivity contribution is 5.91. The van der Waals surface area contributed by atoms with E-state index in [4.69, 9.17) is 23.4 Å². The summed E-state index contributed by atoms with van der Waals surface area (Å²) in [6.07, 6.45) is 11.4. The smallest absolute Gasteiger partial charge is 0.332 e. The largest absolute Gasteiger partial charge is 0.497 e. The van der Waals surface area contributed by atoms with Gasteiger partial charge in [0.2, 0.25) is 11.6 Å². The number of methoxy groups -OCH3 is 1. The van der Waals surface area contributed by atoms with Gasteiger partial charge in [-0.3, -0.25) is 0 Å². The van der Waals surface area contributed by atoms with E-state index in [0.717, 1.165) is 53.7 Å². The average molecular weight is 547 g/mol. The van der Waals surface area contributed by atoms with E-state index < -0.39 is 11.0 Å². The predicted molar refractivity (Wildman–Crippen MR) is 152 cm³/mol. The molecular formula is C32H38N2O6. The monoisotopic (exact) mass is 546 g/mol. The predicted octanol–water partition coefficient (Wildman–Crippen LogP) is 6.55. The van der Waals surface area contributed by atoms with Crippen LogP contribution in [0.1, 0.15) is 58.9 Å². The molecule has 0 aliphatic heterocycles. The van der Waals surface area contributed by atoms with Gasteiger partial charge in [0.1, 0.15) is 35.4 Å². The summed E-state index contributed by atoms with van der Waals surface area (Å²) in [5.74, 6) is 1.70. The minimum Gasteiger partial charge on any atom is -0.497 e. The molecule has 40 heavy (non-hydrogen) atoms. The van der Waals surface area contributed by atoms with Gasteiger partial charge in [-0.25, -0.2) is 14.8 Å². The minimum absolute atomic E-state index is 0.0786. The highest BCUT2D eigenvalue weighted by atomic mass is 16.6. The van der Waals surface area contributed by atoms with Gasteiger partial charge < -0.3 is 23.4 Å². The second-order valence-corrected chi connectivity index (χ2v) is 12.0. The third-order valence-corrected chi connectivity index (χ3v) is 7.62. The number of esters is 1. The van der Waals surface area contributed by atoms with Gasteiger partial charge in [-0.1, -0.05) is 49.8 Å². The topological polar surface area (TPSA) is 92.9 Å². The second-order valence-electron chi connectivity index (χ2n) is 12.0. The van der Waals surface area contributed by atoms with Crippen LogP contribution in [0.25, 0.3) is 22.4 Å². The maximum atomic E-state index is 12.1. The molecule has 0 N–H and O–H groups in total. The Hall–Kier alpha value is -3.65. The van der Waals surface area contributed by atoms with Gasteiger partial charge in [-0.15, -0.1) is 0 Å². The van der Waals surface area contributed by atoms with Gasteiger partial charge in [0.25, 0.3) is 0 Å². The van der Waals surface area contributed by atoms with Gasteiger partial charge in [-0.05, 0) is 52.2 Å². The van der Waals surface area contributed by atoms with Crippen molar-refractivity contribution in [3.8, 4) is 17.2 Å². The van der Waals surface area contributed by atoms with E-state index in [9.17, 15) is 4.79 Å². The van der Waals surface area contributed by atoms with Crippen molar-refractivity contribution >= 4 is 17.1 Å². The van der Waals surface area contributed by atoms with E-state index in [1.165, 1.54) is 6.33 Å². The van der Waals surface area contributed by atoms with Crippen LogP contribution < -0.4 is 4.74 Å². The zero-order chi connectivity index (χ0) is 28.4. The van der Waals surface area contributed by atoms with E-state index in [0.29, 0.717) is 24.8 Å². The molecule has 0 spiro atoms. The fourth-order valence-corrected chi connectivity index (χ4v) is 5.36. The second kappa shape index (κ2) is 11.1. The fourth-order valence-electron chi connectivity index (χ4n) is 5.36. The SMILES string of the molecule is COC1=CCC(C)(c2c(-c3ccccc3)oc3ncnc(OCC4(COCC(=O)OC(C)(C)C)CCC4)c23)C=C1. The quantitative estimate of drug-likeness (QED) is 0.265. The van der Waals surface area contributed by atoms with Gasteiger partial charge in [0, 0.05) is 22.0 Å². The Kier molecular flexibility index (Phi) is 7.73. The van der Waals surface area contributed by atoms with Gasteiger partial charge in [-0.2, -0.15) is 0 Å². The average Bonchev–Trinajstić information content (AvgIpc) is 3.31. The van der Waals surface area contributed by atoms with Crippen molar-refractivity contribution in [2.75, 3.05) is 26.9 Å². The molecule has 0 saturated heterocycles. The van der Waals surface area contributed by atoms with Crippen molar-refractivity contribution < 1.29 is 28.2 Å². The molecule has 2 aliphatic rings. The summed E-state index contributed by atoms with van der Waals surface area (Å²) in [6, 6.07) is 10.0. The number of rotatable bonds is 10. The zero-order valence-corrected chi connectivity index (χ0v) is 24.0. The van der Waals surface area contributed by atoms with Crippen LogP contribution in [0.4, 0.5) is 0 Å². The number of allylic oxidation sites excluding steroid dienone is 3. The number of carbonyl (C=O) groups excluding carboxylic acids is 1. The van der Waals surface area contributed by atoms with Crippen molar-refractivity contribution in [2.24, 2.45) is 5.41 Å². The fraction of sp³-hybridized carbons (Fsp3) is 0.469. The van der Waals surface area contributed by atoms with Crippen molar-refractivity contribution in [2.45, 2.75) is 64.4 Å². The van der Waals surface area contributed by atoms with Crippen molar-refractivity contribution in [1.82, 2.24) is 9.97 Å². The molecule has 212 valence electrons. The first-order valence-corrected chi connectivity index (χ1v) is 13.8. The zero-order valence-electron chi connectivity index (χ0n) is 24.0. The molecule has 8 nitrogen and oxygen atoms in total. The molecule has 0 radical (unpaired) electrons. The van der Waals surface area contributed by atoms with Crippen LogP contribution in [0.2, 0.25) is 0 Å². The first-order valence-electron chi connectivity index (χ1n) is 13.8. The molecule has 0 bridgehead atoms. The van der Waals surface area contributed by atoms with E-state index in [-0.39, 0.29) is 18.0 Å². The maximum absolute atomic E-state index is 12.1. The first kappa shape index (κ1) is 27.9. The molecule has 1 aromatic carbocycles. The van der Waals surface area contributed by atoms with E-state index in [1.807, 2.05) is 57.2 Å². The van der Waals surface area contributed by atoms with Crippen LogP contribution in [0.5, 0.6) is 5.88 Å². The first-order chi connectivity index (χ1) is 19.1. The Balaban J connectivity index is 1.43. The molecule has 0 amide bonds. The van der Waals surface area contributed by atoms with Crippen LogP contribution in [0.3, 0.4) is 0 Å². The van der Waals surface area contributed by atoms with E-state index >= 15 is 0 Å². The summed E-state index contributed by atoms with van der Waals surface area (Å²) in [5.41, 5.74) is 1.31. The lowest BCUT2D eigenvalue weighted by atomic mass is 9.70. The van der Waals surface area contributed by atoms with Crippen molar-refractivity contribution in [3.63, 3.8) is 0 Å². The normalized spacial score (nSPS) is 20.1. The van der Waals surface area contributed by atoms with E-state index in [1.54, 1.807) is 7.11 Å². The highest BCUT2D eigenvalue weighted by Crippen LogP contribution is 2.48. The summed E-state index contributed by atoms with van der Waals surface area (Å²) in [4.78, 5) is 21.2. The van der Waals surface area contributed by atoms with Crippen LogP contribution in [-0.2, 0) is 24.4 Å². The molecular weight excluding hydrogens is 508 g/mol. The summed E-state index contributed by atoms with van der Waals surface area (Å²) in [5, 5.41) is 0.770. The summed E-state index contributed by atoms with van der Waals surface area (Å²) in [7, 11) is 1.68. The lowest BCUT2D eigenvalue weighted by Gasteiger charge is -2.41. The van der Waals surface area contributed by atoms with Crippen LogP contribution >= 0.6 is 0 Å². The van der Waals surface area contributed by atoms with Crippen LogP contribution in [-0.4, -0.2) is 48.5 Å². The Labute approximate surface area is 235 Å². The summed E-state index contributed by atoms with van der Waals surface area (Å²) >= 11 is 0. The third kappa shape index (κ3) is 5.92. The van der Waals surface area contributed by atoms with Crippen LogP contribution in [0, 0.1) is 5.41 Å². The van der Waals surface area contributed by atoms with Gasteiger partial charge in [0.15, 0.2) is 0 Å². The molecule has 1 saturated carbocycles. The van der Waals surface area contributed by atoms with Gasteiger partial charge in [0.05, 0.1) is 20.3 Å². The number of hydrogen-bond acceptors (Lipinski definition) is 8. The number of aromatic nitrogens is 2. The molecule has 2 aromatic heterocycles. The number of nitrogens with zero attached hydrogens (tertiary/aromatic N) is 2. The molecule has 5 rings (SSSR count). The van der Waals surface area contributed by atoms with E-state index in [2.05, 4.69) is 29.0 Å². The Morgan fingerprint density at radius 2 is 1.88 bits per heavy atom. The summed E-state index contributed by atoms with van der Waals surface area (Å²) in [6.45, 7) is 8.47. The van der Waals surface area contributed by atoms with Crippen molar-refractivity contribution in [1.29, 1.82) is 0 Å². The van der Waals surface area contributed by atoms with Crippen molar-refractivity contribution in [3.05, 3.63) is 66.2 Å². The number of ether oxygens (including phenoxy) is 4. The number of fused-ring (bicyclic) bond motifs is 1. The third-order valence-electron chi connectivity index (χ3n) is 7.62. The molecule has 1 atom stereocenters. The Bertz CT molecular complexity index is 1410. The summed E-state index contributed by atoms with van der Waals surface area (Å²) < 4.78 is 29.5. The Morgan fingerprint density at radius 1 is 1.10 bits per heavy atom. The standard InChI is InChI=1S/C32H38N2O6/c1-30(2,3)40-24(35)18-37-19-32(14-9-15-32)20-38-28-25-26(31(4)16-12-23(36-5)13-17-31)27(22-10-7-6-8-11-22)39-29(25)34-21-33-28/h6-8,10-13,16,21H,9,14-15,17-20H2,1-5H3. The molecule has 8 heteroatoms. The number of hydrogen-bond donors (Lipinski definition) is 0. The lowest BCUT2D eigenvalue weighted by molar-refractivity contribution is -0.162. The number of carbonyl (C=O) groups is 1. The molecule has 1 fully saturated rings. The maximum Gasteiger partial charge on any atom is 0.332 e. The van der Waals surface area contributed by atoms with Gasteiger partial charge >= 0.3 is 5.97 Å². The number of furan rings is 1. The molecule has 2 aliphatic carbocycles. The minimum atomic E-state index is -0.540. The Morgan fingerprint density at radius 3 is 2.50 bits per heavy atom. The van der Waals surface area contributed by atoms with Crippen LogP contribution in [0.15, 0.2) is 65.1 Å². The molecule has 1 unspecified atom stereocenters. The lowest BCUT2D eigenvalue weighted by Crippen LogP contribution is -2.41.